The van der Waals surface area contributed by atoms with Crippen LogP contribution in [0.1, 0.15) is 6.92 Å². The van der Waals surface area contributed by atoms with Gasteiger partial charge in [0, 0.05) is 17.7 Å². The van der Waals surface area contributed by atoms with Gasteiger partial charge in [0.25, 0.3) is 0 Å². The SMILES string of the molecule is CCn1[c]nc(-c2ccccc2)c1-c1ccccc1. The summed E-state index contributed by atoms with van der Waals surface area (Å²) in [5.41, 5.74) is 4.43. The molecule has 2 aromatic carbocycles. The van der Waals surface area contributed by atoms with Gasteiger partial charge in [-0.1, -0.05) is 60.7 Å². The first-order valence-electron chi connectivity index (χ1n) is 6.49. The van der Waals surface area contributed by atoms with Crippen LogP contribution in [0.2, 0.25) is 0 Å². The molecular weight excluding hydrogens is 232 g/mol. The summed E-state index contributed by atoms with van der Waals surface area (Å²) in [4.78, 5) is 4.47. The van der Waals surface area contributed by atoms with Crippen molar-refractivity contribution in [3.8, 4) is 22.5 Å². The lowest BCUT2D eigenvalue weighted by Crippen LogP contribution is -1.96. The highest BCUT2D eigenvalue weighted by Gasteiger charge is 2.13. The van der Waals surface area contributed by atoms with Crippen molar-refractivity contribution in [3.05, 3.63) is 67.0 Å². The number of imidazole rings is 1. The van der Waals surface area contributed by atoms with Gasteiger partial charge in [-0.05, 0) is 6.92 Å². The Morgan fingerprint density at radius 3 is 2.05 bits per heavy atom. The maximum atomic E-state index is 4.47. The van der Waals surface area contributed by atoms with Gasteiger partial charge in [0.15, 0.2) is 6.33 Å². The molecule has 0 atom stereocenters. The normalized spacial score (nSPS) is 10.6. The average Bonchev–Trinajstić information content (AvgIpc) is 2.93. The van der Waals surface area contributed by atoms with Crippen LogP contribution in [0.4, 0.5) is 0 Å². The van der Waals surface area contributed by atoms with Crippen molar-refractivity contribution in [2.75, 3.05) is 0 Å². The molecule has 0 unspecified atom stereocenters. The highest BCUT2D eigenvalue weighted by Crippen LogP contribution is 2.30. The number of nitrogens with zero attached hydrogens (tertiary/aromatic N) is 2. The first-order chi connectivity index (χ1) is 9.40. The Balaban J connectivity index is 2.20. The van der Waals surface area contributed by atoms with E-state index in [1.54, 1.807) is 0 Å². The second-order valence-corrected chi connectivity index (χ2v) is 4.39. The number of aryl methyl sites for hydroxylation is 1. The Labute approximate surface area is 113 Å². The molecule has 0 aliphatic carbocycles. The van der Waals surface area contributed by atoms with Gasteiger partial charge in [-0.2, -0.15) is 0 Å². The average molecular weight is 247 g/mol. The van der Waals surface area contributed by atoms with Gasteiger partial charge in [-0.25, -0.2) is 4.98 Å². The molecule has 2 nitrogen and oxygen atoms in total. The van der Waals surface area contributed by atoms with Gasteiger partial charge in [-0.3, -0.25) is 0 Å². The molecule has 3 rings (SSSR count). The van der Waals surface area contributed by atoms with E-state index in [1.165, 1.54) is 5.56 Å². The van der Waals surface area contributed by atoms with Gasteiger partial charge in [0.2, 0.25) is 0 Å². The zero-order valence-corrected chi connectivity index (χ0v) is 10.9. The number of hydrogen-bond donors (Lipinski definition) is 0. The molecule has 2 heteroatoms. The second-order valence-electron chi connectivity index (χ2n) is 4.39. The summed E-state index contributed by atoms with van der Waals surface area (Å²) >= 11 is 0. The monoisotopic (exact) mass is 247 g/mol. The van der Waals surface area contributed by atoms with E-state index in [1.807, 2.05) is 24.3 Å². The van der Waals surface area contributed by atoms with E-state index in [9.17, 15) is 0 Å². The predicted molar refractivity (Wildman–Crippen MR) is 77.6 cm³/mol. The van der Waals surface area contributed by atoms with E-state index in [4.69, 9.17) is 0 Å². The Morgan fingerprint density at radius 1 is 0.895 bits per heavy atom. The van der Waals surface area contributed by atoms with Crippen molar-refractivity contribution in [1.29, 1.82) is 0 Å². The minimum atomic E-state index is 0.865. The summed E-state index contributed by atoms with van der Waals surface area (Å²) in [6, 6.07) is 20.6. The van der Waals surface area contributed by atoms with E-state index in [2.05, 4.69) is 59.2 Å². The highest BCUT2D eigenvalue weighted by molar-refractivity contribution is 5.78. The molecule has 0 fully saturated rings. The molecule has 1 heterocycles. The van der Waals surface area contributed by atoms with Crippen LogP contribution < -0.4 is 0 Å². The molecule has 0 amide bonds. The van der Waals surface area contributed by atoms with Gasteiger partial charge < -0.3 is 4.57 Å². The summed E-state index contributed by atoms with van der Waals surface area (Å²) in [5.74, 6) is 0. The predicted octanol–water partition coefficient (Wildman–Crippen LogP) is 4.04. The van der Waals surface area contributed by atoms with Crippen LogP contribution in [-0.2, 0) is 6.54 Å². The van der Waals surface area contributed by atoms with E-state index in [0.29, 0.717) is 0 Å². The maximum absolute atomic E-state index is 4.47. The minimum absolute atomic E-state index is 0.865. The first-order valence-corrected chi connectivity index (χ1v) is 6.49. The van der Waals surface area contributed by atoms with Crippen LogP contribution in [0.3, 0.4) is 0 Å². The topological polar surface area (TPSA) is 17.8 Å². The molecule has 0 spiro atoms. The first kappa shape index (κ1) is 11.7. The van der Waals surface area contributed by atoms with Gasteiger partial charge in [0.1, 0.15) is 0 Å². The molecule has 0 bridgehead atoms. The molecular formula is C17H15N2. The van der Waals surface area contributed by atoms with Crippen LogP contribution in [-0.4, -0.2) is 9.55 Å². The molecule has 0 saturated carbocycles. The Bertz CT molecular complexity index is 654. The van der Waals surface area contributed by atoms with Crippen LogP contribution in [0, 0.1) is 6.33 Å². The lowest BCUT2D eigenvalue weighted by Gasteiger charge is -2.08. The van der Waals surface area contributed by atoms with Crippen molar-refractivity contribution < 1.29 is 0 Å². The van der Waals surface area contributed by atoms with Crippen molar-refractivity contribution in [3.63, 3.8) is 0 Å². The van der Waals surface area contributed by atoms with Gasteiger partial charge in [-0.15, -0.1) is 0 Å². The number of aromatic nitrogens is 2. The van der Waals surface area contributed by atoms with Gasteiger partial charge in [0.05, 0.1) is 11.4 Å². The third-order valence-corrected chi connectivity index (χ3v) is 3.19. The quantitative estimate of drug-likeness (QED) is 0.683. The standard InChI is InChI=1S/C17H15N2/c1-2-19-13-18-16(14-9-5-3-6-10-14)17(19)15-11-7-4-8-12-15/h3-12H,2H2,1H3. The van der Waals surface area contributed by atoms with Crippen LogP contribution in [0.25, 0.3) is 22.5 Å². The second kappa shape index (κ2) is 5.11. The van der Waals surface area contributed by atoms with Crippen molar-refractivity contribution in [2.24, 2.45) is 0 Å². The fourth-order valence-electron chi connectivity index (χ4n) is 2.26. The zero-order chi connectivity index (χ0) is 13.1. The van der Waals surface area contributed by atoms with Crippen LogP contribution in [0.15, 0.2) is 60.7 Å². The molecule has 93 valence electrons. The lowest BCUT2D eigenvalue weighted by atomic mass is 10.0. The molecule has 0 saturated heterocycles. The van der Waals surface area contributed by atoms with Gasteiger partial charge >= 0.3 is 0 Å². The number of rotatable bonds is 3. The number of hydrogen-bond acceptors (Lipinski definition) is 1. The molecule has 1 aromatic heterocycles. The molecule has 0 aliphatic rings. The van der Waals surface area contributed by atoms with E-state index < -0.39 is 0 Å². The van der Waals surface area contributed by atoms with Crippen LogP contribution >= 0.6 is 0 Å². The third kappa shape index (κ3) is 2.17. The Kier molecular flexibility index (Phi) is 3.15. The number of benzene rings is 2. The van der Waals surface area contributed by atoms with Crippen molar-refractivity contribution in [1.82, 2.24) is 9.55 Å². The zero-order valence-electron chi connectivity index (χ0n) is 10.9. The minimum Gasteiger partial charge on any atom is -0.321 e. The third-order valence-electron chi connectivity index (χ3n) is 3.19. The van der Waals surface area contributed by atoms with Crippen molar-refractivity contribution >= 4 is 0 Å². The largest absolute Gasteiger partial charge is 0.321 e. The molecule has 19 heavy (non-hydrogen) atoms. The fourth-order valence-corrected chi connectivity index (χ4v) is 2.26. The molecule has 1 radical (unpaired) electrons. The fraction of sp³-hybridized carbons (Fsp3) is 0.118. The maximum Gasteiger partial charge on any atom is 0.177 e. The lowest BCUT2D eigenvalue weighted by molar-refractivity contribution is 0.762. The molecule has 3 aromatic rings. The molecule has 0 N–H and O–H groups in total. The summed E-state index contributed by atoms with van der Waals surface area (Å²) in [7, 11) is 0. The summed E-state index contributed by atoms with van der Waals surface area (Å²) in [5, 5.41) is 0. The highest BCUT2D eigenvalue weighted by atomic mass is 15.1. The van der Waals surface area contributed by atoms with E-state index in [-0.39, 0.29) is 0 Å². The smallest absolute Gasteiger partial charge is 0.177 e. The Morgan fingerprint density at radius 2 is 1.47 bits per heavy atom. The van der Waals surface area contributed by atoms with E-state index >= 15 is 0 Å². The Hall–Kier alpha value is -2.35. The summed E-state index contributed by atoms with van der Waals surface area (Å²) in [6.07, 6.45) is 3.09. The van der Waals surface area contributed by atoms with E-state index in [0.717, 1.165) is 23.5 Å². The summed E-state index contributed by atoms with van der Waals surface area (Å²) in [6.45, 7) is 2.98. The summed E-state index contributed by atoms with van der Waals surface area (Å²) < 4.78 is 2.07. The molecule has 0 aliphatic heterocycles. The van der Waals surface area contributed by atoms with Crippen molar-refractivity contribution in [2.45, 2.75) is 13.5 Å². The van der Waals surface area contributed by atoms with Crippen LogP contribution in [0.5, 0.6) is 0 Å².